The molecule has 5 heteroatoms. The van der Waals surface area contributed by atoms with Gasteiger partial charge in [0.2, 0.25) is 0 Å². The number of aromatic nitrogens is 2. The minimum Gasteiger partial charge on any atom is -0.496 e. The van der Waals surface area contributed by atoms with Crippen molar-refractivity contribution < 1.29 is 4.74 Å². The molecular formula is C12H11ClN2OS. The maximum Gasteiger partial charge on any atom is 0.138 e. The van der Waals surface area contributed by atoms with E-state index in [4.69, 9.17) is 16.3 Å². The van der Waals surface area contributed by atoms with E-state index in [2.05, 4.69) is 22.6 Å². The summed E-state index contributed by atoms with van der Waals surface area (Å²) in [5, 5.41) is 0.645. The van der Waals surface area contributed by atoms with Crippen LogP contribution in [0.2, 0.25) is 5.02 Å². The molecule has 0 fully saturated rings. The SMILES string of the molecule is COc1ccc(Cl)cc1-c1ccnc(CS)n1. The molecule has 0 aliphatic rings. The molecule has 0 spiro atoms. The van der Waals surface area contributed by atoms with E-state index in [1.165, 1.54) is 0 Å². The summed E-state index contributed by atoms with van der Waals surface area (Å²) in [7, 11) is 1.62. The number of hydrogen-bond donors (Lipinski definition) is 1. The van der Waals surface area contributed by atoms with E-state index in [0.29, 0.717) is 16.6 Å². The number of methoxy groups -OCH3 is 1. The van der Waals surface area contributed by atoms with E-state index in [1.807, 2.05) is 18.2 Å². The monoisotopic (exact) mass is 266 g/mol. The molecule has 0 aliphatic heterocycles. The Kier molecular flexibility index (Phi) is 3.86. The van der Waals surface area contributed by atoms with Gasteiger partial charge in [0.15, 0.2) is 0 Å². The van der Waals surface area contributed by atoms with Crippen LogP contribution in [0.4, 0.5) is 0 Å². The summed E-state index contributed by atoms with van der Waals surface area (Å²) >= 11 is 10.1. The summed E-state index contributed by atoms with van der Waals surface area (Å²) in [6.07, 6.45) is 1.70. The van der Waals surface area contributed by atoms with Crippen molar-refractivity contribution in [1.82, 2.24) is 9.97 Å². The van der Waals surface area contributed by atoms with Gasteiger partial charge in [-0.1, -0.05) is 11.6 Å². The molecule has 17 heavy (non-hydrogen) atoms. The number of thiol groups is 1. The van der Waals surface area contributed by atoms with Crippen LogP contribution in [0.25, 0.3) is 11.3 Å². The quantitative estimate of drug-likeness (QED) is 0.867. The number of hydrogen-bond acceptors (Lipinski definition) is 4. The van der Waals surface area contributed by atoms with E-state index in [0.717, 1.165) is 17.0 Å². The zero-order chi connectivity index (χ0) is 12.3. The lowest BCUT2D eigenvalue weighted by Gasteiger charge is -2.08. The Morgan fingerprint density at radius 1 is 1.35 bits per heavy atom. The Morgan fingerprint density at radius 2 is 2.18 bits per heavy atom. The van der Waals surface area contributed by atoms with Crippen molar-refractivity contribution in [3.05, 3.63) is 41.3 Å². The molecule has 0 bridgehead atoms. The summed E-state index contributed by atoms with van der Waals surface area (Å²) in [6.45, 7) is 0. The van der Waals surface area contributed by atoms with Crippen LogP contribution >= 0.6 is 24.2 Å². The zero-order valence-corrected chi connectivity index (χ0v) is 10.9. The lowest BCUT2D eigenvalue weighted by atomic mass is 10.1. The van der Waals surface area contributed by atoms with Crippen LogP contribution in [-0.2, 0) is 5.75 Å². The predicted octanol–water partition coefficient (Wildman–Crippen LogP) is 3.24. The van der Waals surface area contributed by atoms with Crippen molar-refractivity contribution in [2.45, 2.75) is 5.75 Å². The molecule has 0 atom stereocenters. The third-order valence-corrected chi connectivity index (χ3v) is 2.80. The lowest BCUT2D eigenvalue weighted by molar-refractivity contribution is 0.416. The van der Waals surface area contributed by atoms with Gasteiger partial charge in [-0.25, -0.2) is 9.97 Å². The maximum absolute atomic E-state index is 5.98. The second-order valence-electron chi connectivity index (χ2n) is 3.36. The van der Waals surface area contributed by atoms with Crippen molar-refractivity contribution in [2.24, 2.45) is 0 Å². The van der Waals surface area contributed by atoms with E-state index in [9.17, 15) is 0 Å². The highest BCUT2D eigenvalue weighted by molar-refractivity contribution is 7.79. The Hall–Kier alpha value is -1.26. The molecule has 0 amide bonds. The van der Waals surface area contributed by atoms with Crippen molar-refractivity contribution in [3.63, 3.8) is 0 Å². The smallest absolute Gasteiger partial charge is 0.138 e. The normalized spacial score (nSPS) is 10.3. The first kappa shape index (κ1) is 12.2. The third kappa shape index (κ3) is 2.70. The Labute approximate surface area is 110 Å². The van der Waals surface area contributed by atoms with Crippen molar-refractivity contribution >= 4 is 24.2 Å². The largest absolute Gasteiger partial charge is 0.496 e. The van der Waals surface area contributed by atoms with Crippen LogP contribution in [0.3, 0.4) is 0 Å². The van der Waals surface area contributed by atoms with Crippen LogP contribution in [0.15, 0.2) is 30.5 Å². The number of rotatable bonds is 3. The van der Waals surface area contributed by atoms with Crippen LogP contribution in [-0.4, -0.2) is 17.1 Å². The molecule has 88 valence electrons. The highest BCUT2D eigenvalue weighted by atomic mass is 35.5. The summed E-state index contributed by atoms with van der Waals surface area (Å²) < 4.78 is 5.29. The molecule has 0 unspecified atom stereocenters. The van der Waals surface area contributed by atoms with Gasteiger partial charge in [0.1, 0.15) is 11.6 Å². The van der Waals surface area contributed by atoms with Gasteiger partial charge in [0.05, 0.1) is 18.6 Å². The Bertz CT molecular complexity index is 534. The molecule has 1 aromatic heterocycles. The van der Waals surface area contributed by atoms with E-state index < -0.39 is 0 Å². The van der Waals surface area contributed by atoms with Crippen LogP contribution < -0.4 is 4.74 Å². The minimum atomic E-state index is 0.497. The first-order valence-electron chi connectivity index (χ1n) is 5.01. The summed E-state index contributed by atoms with van der Waals surface area (Å²) in [6, 6.07) is 7.25. The Balaban J connectivity index is 2.54. The zero-order valence-electron chi connectivity index (χ0n) is 9.22. The highest BCUT2D eigenvalue weighted by Gasteiger charge is 2.08. The third-order valence-electron chi connectivity index (χ3n) is 2.28. The molecule has 0 radical (unpaired) electrons. The van der Waals surface area contributed by atoms with Gasteiger partial charge >= 0.3 is 0 Å². The number of nitrogens with zero attached hydrogens (tertiary/aromatic N) is 2. The molecule has 0 saturated heterocycles. The summed E-state index contributed by atoms with van der Waals surface area (Å²) in [5.41, 5.74) is 1.63. The number of halogens is 1. The summed E-state index contributed by atoms with van der Waals surface area (Å²) in [4.78, 5) is 8.49. The molecule has 2 aromatic rings. The fraction of sp³-hybridized carbons (Fsp3) is 0.167. The standard InChI is InChI=1S/C12H11ClN2OS/c1-16-11-3-2-8(13)6-9(11)10-4-5-14-12(7-17)15-10/h2-6,17H,7H2,1H3. The second-order valence-corrected chi connectivity index (χ2v) is 4.11. The minimum absolute atomic E-state index is 0.497. The van der Waals surface area contributed by atoms with E-state index in [-0.39, 0.29) is 0 Å². The van der Waals surface area contributed by atoms with Crippen molar-refractivity contribution in [2.75, 3.05) is 7.11 Å². The molecule has 0 N–H and O–H groups in total. The van der Waals surface area contributed by atoms with E-state index >= 15 is 0 Å². The van der Waals surface area contributed by atoms with Crippen LogP contribution in [0, 0.1) is 0 Å². The van der Waals surface area contributed by atoms with Gasteiger partial charge in [-0.2, -0.15) is 12.6 Å². The molecular weight excluding hydrogens is 256 g/mol. The molecule has 0 aliphatic carbocycles. The van der Waals surface area contributed by atoms with Gasteiger partial charge in [0, 0.05) is 16.8 Å². The molecule has 2 rings (SSSR count). The van der Waals surface area contributed by atoms with Crippen LogP contribution in [0.5, 0.6) is 5.75 Å². The van der Waals surface area contributed by atoms with Gasteiger partial charge in [0.25, 0.3) is 0 Å². The number of ether oxygens (including phenoxy) is 1. The maximum atomic E-state index is 5.98. The predicted molar refractivity (Wildman–Crippen MR) is 71.7 cm³/mol. The second kappa shape index (κ2) is 5.38. The molecule has 1 heterocycles. The fourth-order valence-electron chi connectivity index (χ4n) is 1.51. The van der Waals surface area contributed by atoms with Gasteiger partial charge in [-0.3, -0.25) is 0 Å². The average molecular weight is 267 g/mol. The van der Waals surface area contributed by atoms with Crippen molar-refractivity contribution in [3.8, 4) is 17.0 Å². The number of benzene rings is 1. The molecule has 3 nitrogen and oxygen atoms in total. The van der Waals surface area contributed by atoms with Gasteiger partial charge in [-0.05, 0) is 24.3 Å². The van der Waals surface area contributed by atoms with Crippen molar-refractivity contribution in [1.29, 1.82) is 0 Å². The van der Waals surface area contributed by atoms with Gasteiger partial charge in [-0.15, -0.1) is 0 Å². The first-order valence-corrected chi connectivity index (χ1v) is 6.02. The highest BCUT2D eigenvalue weighted by Crippen LogP contribution is 2.31. The summed E-state index contributed by atoms with van der Waals surface area (Å²) in [5.74, 6) is 1.91. The molecule has 1 aromatic carbocycles. The average Bonchev–Trinajstić information content (AvgIpc) is 2.39. The fourth-order valence-corrected chi connectivity index (χ4v) is 1.83. The first-order chi connectivity index (χ1) is 8.24. The topological polar surface area (TPSA) is 35.0 Å². The lowest BCUT2D eigenvalue weighted by Crippen LogP contribution is -1.95. The van der Waals surface area contributed by atoms with Gasteiger partial charge < -0.3 is 4.74 Å². The Morgan fingerprint density at radius 3 is 2.88 bits per heavy atom. The molecule has 0 saturated carbocycles. The van der Waals surface area contributed by atoms with E-state index in [1.54, 1.807) is 19.4 Å². The van der Waals surface area contributed by atoms with Crippen LogP contribution in [0.1, 0.15) is 5.82 Å².